The van der Waals surface area contributed by atoms with E-state index in [-0.39, 0.29) is 0 Å². The summed E-state index contributed by atoms with van der Waals surface area (Å²) in [6.07, 6.45) is 2.02. The highest BCUT2D eigenvalue weighted by Gasteiger charge is 2.03. The third-order valence-corrected chi connectivity index (χ3v) is 5.80. The van der Waals surface area contributed by atoms with E-state index in [9.17, 15) is 0 Å². The van der Waals surface area contributed by atoms with Gasteiger partial charge in [0.1, 0.15) is 0 Å². The van der Waals surface area contributed by atoms with E-state index >= 15 is 0 Å². The summed E-state index contributed by atoms with van der Waals surface area (Å²) < 4.78 is 3.15. The molecule has 0 atom stereocenters. The smallest absolute Gasteiger partial charge is 0.175 e. The number of nitrogens with zero attached hydrogens (tertiary/aromatic N) is 2. The van der Waals surface area contributed by atoms with Crippen LogP contribution in [-0.4, -0.2) is 28.8 Å². The van der Waals surface area contributed by atoms with Gasteiger partial charge in [-0.15, -0.1) is 10.2 Å². The summed E-state index contributed by atoms with van der Waals surface area (Å²) in [6.45, 7) is 0.904. The minimum Gasteiger partial charge on any atom is -0.383 e. The SMILES string of the molecule is CSc1nnc(SCCNc2ccccc2Br)s1. The van der Waals surface area contributed by atoms with Gasteiger partial charge in [-0.1, -0.05) is 47.0 Å². The Morgan fingerprint density at radius 1 is 1.28 bits per heavy atom. The van der Waals surface area contributed by atoms with Gasteiger partial charge in [0.05, 0.1) is 0 Å². The maximum atomic E-state index is 4.12. The molecule has 0 unspecified atom stereocenters. The zero-order valence-electron chi connectivity index (χ0n) is 9.72. The predicted octanol–water partition coefficient (Wildman–Crippen LogP) is 4.23. The van der Waals surface area contributed by atoms with Gasteiger partial charge in [0.15, 0.2) is 8.68 Å². The minimum absolute atomic E-state index is 0.904. The summed E-state index contributed by atoms with van der Waals surface area (Å²) in [5, 5.41) is 11.6. The number of aromatic nitrogens is 2. The average Bonchev–Trinajstić information content (AvgIpc) is 2.84. The van der Waals surface area contributed by atoms with Gasteiger partial charge >= 0.3 is 0 Å². The number of thioether (sulfide) groups is 2. The molecule has 0 radical (unpaired) electrons. The second-order valence-electron chi connectivity index (χ2n) is 3.29. The van der Waals surface area contributed by atoms with Gasteiger partial charge in [-0.05, 0) is 34.3 Å². The Kier molecular flexibility index (Phi) is 5.81. The second kappa shape index (κ2) is 7.37. The molecule has 1 N–H and O–H groups in total. The fourth-order valence-electron chi connectivity index (χ4n) is 1.27. The molecule has 2 rings (SSSR count). The van der Waals surface area contributed by atoms with Gasteiger partial charge in [0.2, 0.25) is 0 Å². The van der Waals surface area contributed by atoms with Gasteiger partial charge in [0, 0.05) is 22.5 Å². The largest absolute Gasteiger partial charge is 0.383 e. The number of anilines is 1. The number of benzene rings is 1. The van der Waals surface area contributed by atoms with Crippen LogP contribution in [0.3, 0.4) is 0 Å². The molecule has 0 saturated carbocycles. The van der Waals surface area contributed by atoms with E-state index in [2.05, 4.69) is 37.5 Å². The molecule has 0 amide bonds. The molecule has 2 aromatic rings. The molecule has 0 bridgehead atoms. The summed E-state index contributed by atoms with van der Waals surface area (Å²) in [7, 11) is 0. The molecule has 0 spiro atoms. The molecular formula is C11H12BrN3S3. The normalized spacial score (nSPS) is 10.6. The van der Waals surface area contributed by atoms with E-state index < -0.39 is 0 Å². The molecule has 3 nitrogen and oxygen atoms in total. The van der Waals surface area contributed by atoms with Crippen molar-refractivity contribution in [2.45, 2.75) is 8.68 Å². The Balaban J connectivity index is 1.74. The second-order valence-corrected chi connectivity index (χ2v) is 7.52. The van der Waals surface area contributed by atoms with Crippen LogP contribution in [0.5, 0.6) is 0 Å². The summed E-state index contributed by atoms with van der Waals surface area (Å²) in [4.78, 5) is 0. The molecule has 1 heterocycles. The van der Waals surface area contributed by atoms with Crippen molar-refractivity contribution in [2.75, 3.05) is 23.9 Å². The van der Waals surface area contributed by atoms with Crippen molar-refractivity contribution in [2.24, 2.45) is 0 Å². The lowest BCUT2D eigenvalue weighted by molar-refractivity contribution is 0.955. The predicted molar refractivity (Wildman–Crippen MR) is 85.0 cm³/mol. The maximum Gasteiger partial charge on any atom is 0.175 e. The molecule has 18 heavy (non-hydrogen) atoms. The first-order valence-electron chi connectivity index (χ1n) is 5.28. The highest BCUT2D eigenvalue weighted by molar-refractivity contribution is 9.10. The lowest BCUT2D eigenvalue weighted by atomic mass is 10.3. The molecule has 0 fully saturated rings. The fourth-order valence-corrected chi connectivity index (χ4v) is 4.05. The standard InChI is InChI=1S/C11H12BrN3S3/c1-16-10-14-15-11(18-10)17-7-6-13-9-5-3-2-4-8(9)12/h2-5,13H,6-7H2,1H3. The minimum atomic E-state index is 0.904. The third-order valence-electron chi connectivity index (χ3n) is 2.08. The van der Waals surface area contributed by atoms with Crippen molar-refractivity contribution in [3.8, 4) is 0 Å². The van der Waals surface area contributed by atoms with Crippen molar-refractivity contribution in [1.82, 2.24) is 10.2 Å². The van der Waals surface area contributed by atoms with Crippen LogP contribution >= 0.6 is 50.8 Å². The van der Waals surface area contributed by atoms with Crippen molar-refractivity contribution in [3.05, 3.63) is 28.7 Å². The Bertz CT molecular complexity index is 504. The molecule has 0 aliphatic rings. The van der Waals surface area contributed by atoms with E-state index in [0.29, 0.717) is 0 Å². The number of halogens is 1. The number of hydrogen-bond acceptors (Lipinski definition) is 6. The topological polar surface area (TPSA) is 37.8 Å². The van der Waals surface area contributed by atoms with Crippen LogP contribution in [0.15, 0.2) is 37.4 Å². The highest BCUT2D eigenvalue weighted by Crippen LogP contribution is 2.27. The molecule has 96 valence electrons. The number of para-hydroxylation sites is 1. The van der Waals surface area contributed by atoms with E-state index in [1.165, 1.54) is 0 Å². The third kappa shape index (κ3) is 4.15. The summed E-state index contributed by atoms with van der Waals surface area (Å²) in [5.74, 6) is 0.977. The Labute approximate surface area is 127 Å². The van der Waals surface area contributed by atoms with E-state index in [1.807, 2.05) is 24.5 Å². The summed E-state index contributed by atoms with van der Waals surface area (Å²) >= 11 is 8.54. The maximum absolute atomic E-state index is 4.12. The molecular weight excluding hydrogens is 350 g/mol. The first-order chi connectivity index (χ1) is 8.79. The average molecular weight is 362 g/mol. The van der Waals surface area contributed by atoms with Crippen LogP contribution < -0.4 is 5.32 Å². The highest BCUT2D eigenvalue weighted by atomic mass is 79.9. The number of nitrogens with one attached hydrogen (secondary N) is 1. The summed E-state index contributed by atoms with van der Waals surface area (Å²) in [5.41, 5.74) is 1.13. The van der Waals surface area contributed by atoms with E-state index in [0.717, 1.165) is 31.1 Å². The van der Waals surface area contributed by atoms with Crippen LogP contribution in [0.1, 0.15) is 0 Å². The van der Waals surface area contributed by atoms with Crippen LogP contribution in [-0.2, 0) is 0 Å². The lowest BCUT2D eigenvalue weighted by Crippen LogP contribution is -2.04. The van der Waals surface area contributed by atoms with Gasteiger partial charge in [-0.25, -0.2) is 0 Å². The van der Waals surface area contributed by atoms with Crippen LogP contribution in [0.4, 0.5) is 5.69 Å². The Morgan fingerprint density at radius 3 is 2.78 bits per heavy atom. The first kappa shape index (κ1) is 14.2. The zero-order valence-corrected chi connectivity index (χ0v) is 13.8. The molecule has 1 aromatic carbocycles. The monoisotopic (exact) mass is 361 g/mol. The van der Waals surface area contributed by atoms with Gasteiger partial charge in [-0.2, -0.15) is 0 Å². The van der Waals surface area contributed by atoms with Gasteiger partial charge in [0.25, 0.3) is 0 Å². The lowest BCUT2D eigenvalue weighted by Gasteiger charge is -2.06. The van der Waals surface area contributed by atoms with Crippen molar-refractivity contribution in [1.29, 1.82) is 0 Å². The van der Waals surface area contributed by atoms with E-state index in [1.54, 1.807) is 34.9 Å². The molecule has 7 heteroatoms. The molecule has 0 saturated heterocycles. The number of rotatable bonds is 6. The van der Waals surface area contributed by atoms with Crippen LogP contribution in [0.25, 0.3) is 0 Å². The Morgan fingerprint density at radius 2 is 2.06 bits per heavy atom. The van der Waals surface area contributed by atoms with Crippen LogP contribution in [0, 0.1) is 0 Å². The molecule has 0 aliphatic carbocycles. The number of hydrogen-bond donors (Lipinski definition) is 1. The quantitative estimate of drug-likeness (QED) is 0.615. The summed E-state index contributed by atoms with van der Waals surface area (Å²) in [6, 6.07) is 8.13. The van der Waals surface area contributed by atoms with Crippen molar-refractivity contribution >= 4 is 56.5 Å². The van der Waals surface area contributed by atoms with Crippen molar-refractivity contribution in [3.63, 3.8) is 0 Å². The molecule has 0 aliphatic heterocycles. The molecule has 1 aromatic heterocycles. The fraction of sp³-hybridized carbons (Fsp3) is 0.273. The van der Waals surface area contributed by atoms with Gasteiger partial charge < -0.3 is 5.32 Å². The van der Waals surface area contributed by atoms with Gasteiger partial charge in [-0.3, -0.25) is 0 Å². The van der Waals surface area contributed by atoms with Crippen LogP contribution in [0.2, 0.25) is 0 Å². The Hall–Kier alpha value is -0.240. The van der Waals surface area contributed by atoms with E-state index in [4.69, 9.17) is 0 Å². The zero-order chi connectivity index (χ0) is 12.8. The van der Waals surface area contributed by atoms with Crippen molar-refractivity contribution < 1.29 is 0 Å². The first-order valence-corrected chi connectivity index (χ1v) is 9.10.